The first-order valence-corrected chi connectivity index (χ1v) is 14.4. The fraction of sp³-hybridized carbons (Fsp3) is 0.278. The van der Waals surface area contributed by atoms with Crippen molar-refractivity contribution in [1.29, 1.82) is 0 Å². The first kappa shape index (κ1) is 27.2. The summed E-state index contributed by atoms with van der Waals surface area (Å²) in [5, 5.41) is 4.74. The number of ether oxygens (including phenoxy) is 6. The van der Waals surface area contributed by atoms with Crippen molar-refractivity contribution in [2.45, 2.75) is 50.2 Å². The molecule has 214 valence electrons. The number of rotatable bonds is 8. The zero-order valence-corrected chi connectivity index (χ0v) is 23.5. The van der Waals surface area contributed by atoms with Gasteiger partial charge in [-0.05, 0) is 44.8 Å². The second kappa shape index (κ2) is 12.3. The van der Waals surface area contributed by atoms with Gasteiger partial charge in [0.25, 0.3) is 0 Å². The summed E-state index contributed by atoms with van der Waals surface area (Å²) in [6, 6.07) is 39.4. The van der Waals surface area contributed by atoms with Crippen LogP contribution in [0.4, 0.5) is 0 Å². The van der Waals surface area contributed by atoms with Gasteiger partial charge in [0.1, 0.15) is 24.4 Å². The van der Waals surface area contributed by atoms with Gasteiger partial charge >= 0.3 is 0 Å². The molecule has 7 rings (SSSR count). The van der Waals surface area contributed by atoms with Crippen LogP contribution < -0.4 is 0 Å². The number of hydrogen-bond donors (Lipinski definition) is 0. The van der Waals surface area contributed by atoms with Crippen LogP contribution in [0.2, 0.25) is 0 Å². The second-order valence-electron chi connectivity index (χ2n) is 10.9. The third-order valence-electron chi connectivity index (χ3n) is 8.10. The Morgan fingerprint density at radius 2 is 1.19 bits per heavy atom. The highest BCUT2D eigenvalue weighted by Crippen LogP contribution is 2.37. The van der Waals surface area contributed by atoms with Crippen LogP contribution in [0.15, 0.2) is 115 Å². The van der Waals surface area contributed by atoms with E-state index in [9.17, 15) is 0 Å². The van der Waals surface area contributed by atoms with Crippen molar-refractivity contribution in [1.82, 2.24) is 0 Å². The van der Waals surface area contributed by atoms with Crippen LogP contribution in [0.3, 0.4) is 0 Å². The molecule has 0 saturated carbocycles. The normalized spacial score (nSPS) is 25.8. The van der Waals surface area contributed by atoms with Gasteiger partial charge in [-0.15, -0.1) is 0 Å². The fourth-order valence-electron chi connectivity index (χ4n) is 5.92. The molecule has 42 heavy (non-hydrogen) atoms. The van der Waals surface area contributed by atoms with Crippen LogP contribution in [0.1, 0.15) is 23.0 Å². The average Bonchev–Trinajstić information content (AvgIpc) is 3.06. The van der Waals surface area contributed by atoms with E-state index >= 15 is 0 Å². The highest BCUT2D eigenvalue weighted by molar-refractivity contribution is 5.83. The molecule has 6 nitrogen and oxygen atoms in total. The van der Waals surface area contributed by atoms with Gasteiger partial charge in [0.2, 0.25) is 0 Å². The first-order valence-electron chi connectivity index (χ1n) is 14.4. The minimum absolute atomic E-state index is 0.358. The van der Waals surface area contributed by atoms with E-state index < -0.39 is 30.9 Å². The van der Waals surface area contributed by atoms with Crippen LogP contribution >= 0.6 is 0 Å². The molecule has 6 heteroatoms. The number of hydrogen-bond acceptors (Lipinski definition) is 6. The predicted molar refractivity (Wildman–Crippen MR) is 161 cm³/mol. The molecule has 0 spiro atoms. The van der Waals surface area contributed by atoms with Crippen molar-refractivity contribution in [2.24, 2.45) is 0 Å². The summed E-state index contributed by atoms with van der Waals surface area (Å²) in [6.45, 7) is 1.13. The number of benzene rings is 5. The van der Waals surface area contributed by atoms with Gasteiger partial charge in [0.05, 0.1) is 19.8 Å². The topological polar surface area (TPSA) is 55.4 Å². The Balaban J connectivity index is 1.16. The maximum Gasteiger partial charge on any atom is 0.186 e. The lowest BCUT2D eigenvalue weighted by molar-refractivity contribution is -0.369. The van der Waals surface area contributed by atoms with Crippen molar-refractivity contribution in [2.75, 3.05) is 13.7 Å². The molecule has 5 aromatic rings. The van der Waals surface area contributed by atoms with Gasteiger partial charge in [-0.2, -0.15) is 0 Å². The summed E-state index contributed by atoms with van der Waals surface area (Å²) in [7, 11) is 1.63. The Labute approximate surface area is 245 Å². The van der Waals surface area contributed by atoms with E-state index in [-0.39, 0.29) is 6.10 Å². The van der Waals surface area contributed by atoms with E-state index in [1.165, 1.54) is 21.5 Å². The monoisotopic (exact) mass is 562 g/mol. The molecule has 0 aliphatic carbocycles. The van der Waals surface area contributed by atoms with Crippen LogP contribution in [0.25, 0.3) is 21.5 Å². The zero-order valence-electron chi connectivity index (χ0n) is 23.5. The van der Waals surface area contributed by atoms with E-state index in [0.29, 0.717) is 19.8 Å². The minimum Gasteiger partial charge on any atom is -0.368 e. The van der Waals surface area contributed by atoms with Gasteiger partial charge in [-0.25, -0.2) is 0 Å². The predicted octanol–water partition coefficient (Wildman–Crippen LogP) is 6.95. The molecule has 0 N–H and O–H groups in total. The second-order valence-corrected chi connectivity index (χ2v) is 10.9. The van der Waals surface area contributed by atoms with E-state index in [1.807, 2.05) is 42.5 Å². The minimum atomic E-state index is -0.645. The summed E-state index contributed by atoms with van der Waals surface area (Å²) in [6.07, 6.45) is -2.94. The quantitative estimate of drug-likeness (QED) is 0.204. The van der Waals surface area contributed by atoms with Crippen LogP contribution in [0.5, 0.6) is 0 Å². The Hall–Kier alpha value is -3.62. The maximum absolute atomic E-state index is 6.71. The summed E-state index contributed by atoms with van der Waals surface area (Å²) >= 11 is 0. The van der Waals surface area contributed by atoms with Crippen molar-refractivity contribution < 1.29 is 28.4 Å². The molecule has 2 heterocycles. The Morgan fingerprint density at radius 1 is 0.619 bits per heavy atom. The van der Waals surface area contributed by atoms with Crippen molar-refractivity contribution >= 4 is 21.5 Å². The average molecular weight is 563 g/mol. The Kier molecular flexibility index (Phi) is 7.98. The number of methoxy groups -OCH3 is 1. The Morgan fingerprint density at radius 3 is 1.81 bits per heavy atom. The fourth-order valence-corrected chi connectivity index (χ4v) is 5.92. The first-order chi connectivity index (χ1) is 20.7. The van der Waals surface area contributed by atoms with E-state index in [1.54, 1.807) is 7.11 Å². The van der Waals surface area contributed by atoms with E-state index in [0.717, 1.165) is 16.7 Å². The maximum atomic E-state index is 6.71. The molecule has 2 fully saturated rings. The molecule has 0 radical (unpaired) electrons. The molecule has 5 aromatic carbocycles. The third kappa shape index (κ3) is 5.70. The van der Waals surface area contributed by atoms with E-state index in [2.05, 4.69) is 72.8 Å². The molecular formula is C36H34O6. The summed E-state index contributed by atoms with van der Waals surface area (Å²) in [5.41, 5.74) is 3.09. The molecule has 2 aliphatic heterocycles. The van der Waals surface area contributed by atoms with E-state index in [4.69, 9.17) is 28.4 Å². The standard InChI is InChI=1S/C36H34O6/c1-37-36-34(39-22-25-16-18-27-10-6-8-14-30(27)20-25)33(38-21-24-15-17-26-9-5-7-13-29(26)19-24)32-31(41-36)23-40-35(42-32)28-11-3-2-4-12-28/h2-20,31-36H,21-23H2,1H3/t31-,32+,33+,34-,35?,36+/m1/s1. The molecule has 6 atom stereocenters. The van der Waals surface area contributed by atoms with Crippen molar-refractivity contribution in [3.63, 3.8) is 0 Å². The molecule has 0 aromatic heterocycles. The van der Waals surface area contributed by atoms with Gasteiger partial charge in [0.15, 0.2) is 12.6 Å². The molecule has 0 amide bonds. The van der Waals surface area contributed by atoms with Gasteiger partial charge < -0.3 is 28.4 Å². The highest BCUT2D eigenvalue weighted by Gasteiger charge is 2.51. The van der Waals surface area contributed by atoms with Gasteiger partial charge in [0, 0.05) is 12.7 Å². The lowest BCUT2D eigenvalue weighted by Crippen LogP contribution is -2.63. The summed E-state index contributed by atoms with van der Waals surface area (Å²) < 4.78 is 38.1. The molecule has 0 bridgehead atoms. The molecule has 2 aliphatic rings. The van der Waals surface area contributed by atoms with Crippen molar-refractivity contribution in [3.05, 3.63) is 132 Å². The Bertz CT molecular complexity index is 1640. The lowest BCUT2D eigenvalue weighted by atomic mass is 9.97. The number of fused-ring (bicyclic) bond motifs is 3. The van der Waals surface area contributed by atoms with Crippen LogP contribution in [-0.4, -0.2) is 44.4 Å². The lowest BCUT2D eigenvalue weighted by Gasteiger charge is -2.48. The molecule has 1 unspecified atom stereocenters. The summed E-state index contributed by atoms with van der Waals surface area (Å²) in [4.78, 5) is 0. The smallest absolute Gasteiger partial charge is 0.186 e. The van der Waals surface area contributed by atoms with Crippen molar-refractivity contribution in [3.8, 4) is 0 Å². The largest absolute Gasteiger partial charge is 0.368 e. The zero-order chi connectivity index (χ0) is 28.3. The molecular weight excluding hydrogens is 528 g/mol. The highest BCUT2D eigenvalue weighted by atomic mass is 16.8. The van der Waals surface area contributed by atoms with Crippen LogP contribution in [0, 0.1) is 0 Å². The third-order valence-corrected chi connectivity index (χ3v) is 8.10. The van der Waals surface area contributed by atoms with Gasteiger partial charge in [-0.3, -0.25) is 0 Å². The molecule has 2 saturated heterocycles. The van der Waals surface area contributed by atoms with Crippen LogP contribution in [-0.2, 0) is 41.6 Å². The van der Waals surface area contributed by atoms with Gasteiger partial charge in [-0.1, -0.05) is 103 Å². The summed E-state index contributed by atoms with van der Waals surface area (Å²) in [5.74, 6) is 0. The SMILES string of the molecule is CO[C@H]1O[C@@H]2COC(c3ccccc3)O[C@@H]2[C@H](OCc2ccc3ccccc3c2)[C@H]1OCc1ccc2ccccc2c1.